The molecule has 0 bridgehead atoms. The average molecular weight is 193 g/mol. The number of thiophene rings is 1. The van der Waals surface area contributed by atoms with Crippen molar-refractivity contribution in [2.75, 3.05) is 5.32 Å². The molecular weight excluding hydrogens is 185 g/mol. The minimum atomic E-state index is -0.211. The minimum absolute atomic E-state index is 0.211. The second kappa shape index (κ2) is 3.58. The fourth-order valence-corrected chi connectivity index (χ4v) is 1.66. The van der Waals surface area contributed by atoms with Gasteiger partial charge < -0.3 is 5.32 Å². The molecule has 0 amide bonds. The molecule has 1 N–H and O–H groups in total. The highest BCUT2D eigenvalue weighted by molar-refractivity contribution is 7.14. The van der Waals surface area contributed by atoms with Crippen LogP contribution in [-0.4, -0.2) is 0 Å². The van der Waals surface area contributed by atoms with Gasteiger partial charge in [-0.05, 0) is 41.8 Å². The van der Waals surface area contributed by atoms with Crippen LogP contribution < -0.4 is 5.32 Å². The van der Waals surface area contributed by atoms with Gasteiger partial charge in [0.05, 0.1) is 5.00 Å². The molecule has 0 radical (unpaired) electrons. The Labute approximate surface area is 79.8 Å². The summed E-state index contributed by atoms with van der Waals surface area (Å²) in [5, 5.41) is 6.22. The largest absolute Gasteiger partial charge is 0.347 e. The van der Waals surface area contributed by atoms with Gasteiger partial charge in [0.25, 0.3) is 0 Å². The maximum absolute atomic E-state index is 12.5. The maximum atomic E-state index is 12.5. The highest BCUT2D eigenvalue weighted by atomic mass is 32.1. The Kier molecular flexibility index (Phi) is 2.27. The molecule has 0 aliphatic rings. The SMILES string of the molecule is Fc1ccc(Nc2cccs2)cc1. The van der Waals surface area contributed by atoms with E-state index < -0.39 is 0 Å². The molecule has 0 saturated heterocycles. The van der Waals surface area contributed by atoms with E-state index in [0.717, 1.165) is 10.7 Å². The van der Waals surface area contributed by atoms with Crippen LogP contribution in [0.1, 0.15) is 0 Å². The monoisotopic (exact) mass is 193 g/mol. The molecule has 0 spiro atoms. The van der Waals surface area contributed by atoms with Crippen LogP contribution in [-0.2, 0) is 0 Å². The first-order valence-corrected chi connectivity index (χ1v) is 4.79. The first kappa shape index (κ1) is 8.26. The summed E-state index contributed by atoms with van der Waals surface area (Å²) in [6.45, 7) is 0. The Morgan fingerprint density at radius 2 is 1.85 bits per heavy atom. The van der Waals surface area contributed by atoms with Gasteiger partial charge in [0.15, 0.2) is 0 Å². The van der Waals surface area contributed by atoms with Crippen LogP contribution in [0.5, 0.6) is 0 Å². The van der Waals surface area contributed by atoms with E-state index >= 15 is 0 Å². The van der Waals surface area contributed by atoms with E-state index in [1.54, 1.807) is 23.5 Å². The Balaban J connectivity index is 2.15. The van der Waals surface area contributed by atoms with Gasteiger partial charge in [-0.15, -0.1) is 11.3 Å². The highest BCUT2D eigenvalue weighted by Gasteiger charge is 1.94. The van der Waals surface area contributed by atoms with Crippen LogP contribution in [0.25, 0.3) is 0 Å². The molecule has 0 aliphatic heterocycles. The Morgan fingerprint density at radius 1 is 1.08 bits per heavy atom. The molecule has 0 fully saturated rings. The summed E-state index contributed by atoms with van der Waals surface area (Å²) in [5.74, 6) is -0.211. The van der Waals surface area contributed by atoms with Crippen molar-refractivity contribution in [3.05, 3.63) is 47.6 Å². The van der Waals surface area contributed by atoms with Gasteiger partial charge in [0.1, 0.15) is 5.82 Å². The van der Waals surface area contributed by atoms with E-state index in [4.69, 9.17) is 0 Å². The smallest absolute Gasteiger partial charge is 0.123 e. The topological polar surface area (TPSA) is 12.0 Å². The molecule has 3 heteroatoms. The van der Waals surface area contributed by atoms with E-state index in [-0.39, 0.29) is 5.82 Å². The van der Waals surface area contributed by atoms with Gasteiger partial charge in [0.2, 0.25) is 0 Å². The maximum Gasteiger partial charge on any atom is 0.123 e. The normalized spacial score (nSPS) is 9.92. The lowest BCUT2D eigenvalue weighted by atomic mass is 10.3. The first-order chi connectivity index (χ1) is 6.34. The van der Waals surface area contributed by atoms with Crippen molar-refractivity contribution in [1.82, 2.24) is 0 Å². The number of rotatable bonds is 2. The number of hydrogen-bond donors (Lipinski definition) is 1. The van der Waals surface area contributed by atoms with Gasteiger partial charge in [-0.2, -0.15) is 0 Å². The molecule has 1 aromatic heterocycles. The van der Waals surface area contributed by atoms with E-state index in [9.17, 15) is 4.39 Å². The second-order valence-electron chi connectivity index (χ2n) is 2.61. The Morgan fingerprint density at radius 3 is 2.46 bits per heavy atom. The van der Waals surface area contributed by atoms with E-state index in [1.165, 1.54) is 12.1 Å². The Bertz CT molecular complexity index is 366. The molecule has 2 rings (SSSR count). The second-order valence-corrected chi connectivity index (χ2v) is 3.56. The average Bonchev–Trinajstić information content (AvgIpc) is 2.62. The van der Waals surface area contributed by atoms with Gasteiger partial charge in [0, 0.05) is 5.69 Å². The molecule has 1 heterocycles. The lowest BCUT2D eigenvalue weighted by molar-refractivity contribution is 0.628. The molecule has 2 aromatic rings. The van der Waals surface area contributed by atoms with Crippen molar-refractivity contribution in [2.24, 2.45) is 0 Å². The lowest BCUT2D eigenvalue weighted by Gasteiger charge is -2.01. The van der Waals surface area contributed by atoms with Gasteiger partial charge >= 0.3 is 0 Å². The number of nitrogens with one attached hydrogen (secondary N) is 1. The summed E-state index contributed by atoms with van der Waals surface area (Å²) >= 11 is 1.62. The zero-order valence-electron chi connectivity index (χ0n) is 6.83. The predicted molar refractivity (Wildman–Crippen MR) is 54.0 cm³/mol. The molecule has 0 atom stereocenters. The summed E-state index contributed by atoms with van der Waals surface area (Å²) in [5.41, 5.74) is 0.906. The van der Waals surface area contributed by atoms with Crippen LogP contribution in [0.4, 0.5) is 15.1 Å². The Hall–Kier alpha value is -1.35. The number of hydrogen-bond acceptors (Lipinski definition) is 2. The summed E-state index contributed by atoms with van der Waals surface area (Å²) in [6.07, 6.45) is 0. The van der Waals surface area contributed by atoms with E-state index in [2.05, 4.69) is 5.32 Å². The van der Waals surface area contributed by atoms with E-state index in [0.29, 0.717) is 0 Å². The lowest BCUT2D eigenvalue weighted by Crippen LogP contribution is -1.86. The number of benzene rings is 1. The molecule has 0 unspecified atom stereocenters. The third-order valence-electron chi connectivity index (χ3n) is 1.63. The standard InChI is InChI=1S/C10H8FNS/c11-8-3-5-9(6-4-8)12-10-2-1-7-13-10/h1-7,12H. The van der Waals surface area contributed by atoms with Crippen molar-refractivity contribution in [2.45, 2.75) is 0 Å². The first-order valence-electron chi connectivity index (χ1n) is 3.91. The molecule has 1 aromatic carbocycles. The molecule has 66 valence electrons. The summed E-state index contributed by atoms with van der Waals surface area (Å²) in [4.78, 5) is 0. The zero-order chi connectivity index (χ0) is 9.10. The molecule has 1 nitrogen and oxygen atoms in total. The van der Waals surface area contributed by atoms with Gasteiger partial charge in [-0.3, -0.25) is 0 Å². The fourth-order valence-electron chi connectivity index (χ4n) is 1.03. The number of anilines is 2. The van der Waals surface area contributed by atoms with Crippen molar-refractivity contribution in [3.8, 4) is 0 Å². The highest BCUT2D eigenvalue weighted by Crippen LogP contribution is 2.21. The summed E-state index contributed by atoms with van der Waals surface area (Å²) in [6, 6.07) is 10.3. The molecule has 0 aliphatic carbocycles. The third kappa shape index (κ3) is 2.06. The van der Waals surface area contributed by atoms with Crippen molar-refractivity contribution in [3.63, 3.8) is 0 Å². The fraction of sp³-hybridized carbons (Fsp3) is 0. The van der Waals surface area contributed by atoms with Crippen molar-refractivity contribution >= 4 is 22.0 Å². The molecular formula is C10H8FNS. The molecule has 13 heavy (non-hydrogen) atoms. The van der Waals surface area contributed by atoms with Crippen LogP contribution in [0, 0.1) is 5.82 Å². The van der Waals surface area contributed by atoms with Crippen LogP contribution in [0.15, 0.2) is 41.8 Å². The number of halogens is 1. The third-order valence-corrected chi connectivity index (χ3v) is 2.42. The summed E-state index contributed by atoms with van der Waals surface area (Å²) < 4.78 is 12.5. The van der Waals surface area contributed by atoms with Crippen molar-refractivity contribution < 1.29 is 4.39 Å². The van der Waals surface area contributed by atoms with Crippen LogP contribution in [0.3, 0.4) is 0 Å². The summed E-state index contributed by atoms with van der Waals surface area (Å²) in [7, 11) is 0. The van der Waals surface area contributed by atoms with Crippen molar-refractivity contribution in [1.29, 1.82) is 0 Å². The molecule has 0 saturated carbocycles. The van der Waals surface area contributed by atoms with Gasteiger partial charge in [-0.25, -0.2) is 4.39 Å². The van der Waals surface area contributed by atoms with Crippen LogP contribution >= 0.6 is 11.3 Å². The predicted octanol–water partition coefficient (Wildman–Crippen LogP) is 3.63. The zero-order valence-corrected chi connectivity index (χ0v) is 7.64. The van der Waals surface area contributed by atoms with Crippen LogP contribution in [0.2, 0.25) is 0 Å². The minimum Gasteiger partial charge on any atom is -0.347 e. The van der Waals surface area contributed by atoms with Gasteiger partial charge in [-0.1, -0.05) is 0 Å². The quantitative estimate of drug-likeness (QED) is 0.768. The van der Waals surface area contributed by atoms with E-state index in [1.807, 2.05) is 17.5 Å².